The molecule has 0 bridgehead atoms. The summed E-state index contributed by atoms with van der Waals surface area (Å²) < 4.78 is 28.0. The highest BCUT2D eigenvalue weighted by molar-refractivity contribution is 7.89. The van der Waals surface area contributed by atoms with Crippen LogP contribution in [0, 0.1) is 0 Å². The van der Waals surface area contributed by atoms with Crippen LogP contribution in [0.4, 0.5) is 0 Å². The van der Waals surface area contributed by atoms with Gasteiger partial charge in [-0.3, -0.25) is 9.48 Å². The zero-order valence-electron chi connectivity index (χ0n) is 13.9. The summed E-state index contributed by atoms with van der Waals surface area (Å²) in [6.07, 6.45) is 2.58. The standard InChI is InChI=1S/C15H21N5O3S.ClH/c1-11(19-24(22,23)13-8-18-20(2)10-13)15(21)17-9-14(16)12-6-4-3-5-7-12;/h3-8,10-11,14,19H,9,16H2,1-2H3,(H,17,21);1H. The van der Waals surface area contributed by atoms with E-state index in [4.69, 9.17) is 5.73 Å². The topological polar surface area (TPSA) is 119 Å². The van der Waals surface area contributed by atoms with E-state index < -0.39 is 22.0 Å². The summed E-state index contributed by atoms with van der Waals surface area (Å²) >= 11 is 0. The van der Waals surface area contributed by atoms with Crippen molar-refractivity contribution < 1.29 is 13.2 Å². The van der Waals surface area contributed by atoms with Gasteiger partial charge in [-0.25, -0.2) is 8.42 Å². The Morgan fingerprint density at radius 1 is 1.32 bits per heavy atom. The summed E-state index contributed by atoms with van der Waals surface area (Å²) in [5.41, 5.74) is 6.89. The molecule has 25 heavy (non-hydrogen) atoms. The van der Waals surface area contributed by atoms with Gasteiger partial charge >= 0.3 is 0 Å². The van der Waals surface area contributed by atoms with E-state index in [0.717, 1.165) is 5.56 Å². The van der Waals surface area contributed by atoms with Crippen LogP contribution in [0.5, 0.6) is 0 Å². The van der Waals surface area contributed by atoms with E-state index in [1.807, 2.05) is 30.3 Å². The van der Waals surface area contributed by atoms with Crippen molar-refractivity contribution in [1.29, 1.82) is 0 Å². The molecule has 0 radical (unpaired) electrons. The lowest BCUT2D eigenvalue weighted by Crippen LogP contribution is -2.46. The predicted molar refractivity (Wildman–Crippen MR) is 96.6 cm³/mol. The Bertz CT molecular complexity index is 795. The Hall–Kier alpha value is -1.94. The van der Waals surface area contributed by atoms with E-state index in [0.29, 0.717) is 0 Å². The number of carbonyl (C=O) groups is 1. The first-order valence-corrected chi connectivity index (χ1v) is 8.87. The quantitative estimate of drug-likeness (QED) is 0.632. The maximum atomic E-state index is 12.2. The van der Waals surface area contributed by atoms with Crippen LogP contribution in [0.1, 0.15) is 18.5 Å². The smallest absolute Gasteiger partial charge is 0.244 e. The third-order valence-corrected chi connectivity index (χ3v) is 4.94. The number of nitrogens with zero attached hydrogens (tertiary/aromatic N) is 2. The van der Waals surface area contributed by atoms with Crippen molar-refractivity contribution in [3.63, 3.8) is 0 Å². The average Bonchev–Trinajstić information content (AvgIpc) is 3.00. The number of hydrogen-bond donors (Lipinski definition) is 3. The molecule has 0 aliphatic carbocycles. The second-order valence-electron chi connectivity index (χ2n) is 5.46. The number of benzene rings is 1. The van der Waals surface area contributed by atoms with Gasteiger partial charge in [-0.1, -0.05) is 30.3 Å². The molecule has 2 aromatic rings. The molecule has 2 rings (SSSR count). The molecule has 0 fully saturated rings. The summed E-state index contributed by atoms with van der Waals surface area (Å²) in [5.74, 6) is -0.450. The molecule has 138 valence electrons. The predicted octanol–water partition coefficient (Wildman–Crippen LogP) is 0.325. The van der Waals surface area contributed by atoms with Crippen LogP contribution in [0.25, 0.3) is 0 Å². The molecule has 0 aliphatic heterocycles. The molecule has 2 unspecified atom stereocenters. The Kier molecular flexibility index (Phi) is 7.56. The van der Waals surface area contributed by atoms with Gasteiger partial charge in [0.25, 0.3) is 0 Å². The number of nitrogens with two attached hydrogens (primary N) is 1. The molecule has 4 N–H and O–H groups in total. The SMILES string of the molecule is CC(NS(=O)(=O)c1cnn(C)c1)C(=O)NCC(N)c1ccccc1.Cl. The Balaban J connectivity index is 0.00000312. The molecule has 8 nitrogen and oxygen atoms in total. The first kappa shape index (κ1) is 21.1. The fraction of sp³-hybridized carbons (Fsp3) is 0.333. The number of rotatable bonds is 7. The van der Waals surface area contributed by atoms with Crippen LogP contribution in [0.3, 0.4) is 0 Å². The summed E-state index contributed by atoms with van der Waals surface area (Å²) in [7, 11) is -2.19. The second kappa shape index (κ2) is 8.95. The van der Waals surface area contributed by atoms with Gasteiger partial charge in [0.15, 0.2) is 0 Å². The van der Waals surface area contributed by atoms with E-state index in [1.165, 1.54) is 24.0 Å². The van der Waals surface area contributed by atoms with Gasteiger partial charge in [-0.05, 0) is 12.5 Å². The fourth-order valence-corrected chi connectivity index (χ4v) is 3.26. The second-order valence-corrected chi connectivity index (χ2v) is 7.17. The largest absolute Gasteiger partial charge is 0.353 e. The van der Waals surface area contributed by atoms with Gasteiger partial charge in [-0.15, -0.1) is 12.4 Å². The van der Waals surface area contributed by atoms with Gasteiger partial charge in [0.05, 0.1) is 12.2 Å². The van der Waals surface area contributed by atoms with E-state index in [1.54, 1.807) is 7.05 Å². The molecule has 1 aromatic heterocycles. The number of hydrogen-bond acceptors (Lipinski definition) is 5. The minimum absolute atomic E-state index is 0. The maximum Gasteiger partial charge on any atom is 0.244 e. The van der Waals surface area contributed by atoms with Crippen molar-refractivity contribution >= 4 is 28.3 Å². The normalized spacial score (nSPS) is 13.6. The van der Waals surface area contributed by atoms with E-state index in [9.17, 15) is 13.2 Å². The van der Waals surface area contributed by atoms with Crippen molar-refractivity contribution in [2.75, 3.05) is 6.54 Å². The van der Waals surface area contributed by atoms with Gasteiger partial charge < -0.3 is 11.1 Å². The van der Waals surface area contributed by atoms with Crippen LogP contribution in [-0.4, -0.2) is 36.7 Å². The lowest BCUT2D eigenvalue weighted by atomic mass is 10.1. The van der Waals surface area contributed by atoms with Crippen molar-refractivity contribution in [3.05, 3.63) is 48.3 Å². The van der Waals surface area contributed by atoms with Crippen LogP contribution in [-0.2, 0) is 21.9 Å². The van der Waals surface area contributed by atoms with Crippen molar-refractivity contribution in [2.24, 2.45) is 12.8 Å². The zero-order chi connectivity index (χ0) is 17.7. The Morgan fingerprint density at radius 3 is 2.52 bits per heavy atom. The van der Waals surface area contributed by atoms with Crippen LogP contribution in [0.2, 0.25) is 0 Å². The van der Waals surface area contributed by atoms with Crippen LogP contribution in [0.15, 0.2) is 47.6 Å². The Morgan fingerprint density at radius 2 is 1.96 bits per heavy atom. The Labute approximate surface area is 153 Å². The monoisotopic (exact) mass is 387 g/mol. The highest BCUT2D eigenvalue weighted by atomic mass is 35.5. The molecular formula is C15H22ClN5O3S. The number of nitrogens with one attached hydrogen (secondary N) is 2. The minimum Gasteiger partial charge on any atom is -0.353 e. The summed E-state index contributed by atoms with van der Waals surface area (Å²) in [4.78, 5) is 12.1. The molecule has 0 saturated carbocycles. The molecule has 1 amide bonds. The minimum atomic E-state index is -3.80. The number of aryl methyl sites for hydroxylation is 1. The molecule has 0 aliphatic rings. The van der Waals surface area contributed by atoms with Gasteiger partial charge in [0.2, 0.25) is 15.9 Å². The van der Waals surface area contributed by atoms with Crippen molar-refractivity contribution in [2.45, 2.75) is 23.9 Å². The third-order valence-electron chi connectivity index (χ3n) is 3.44. The van der Waals surface area contributed by atoms with E-state index >= 15 is 0 Å². The van der Waals surface area contributed by atoms with E-state index in [2.05, 4.69) is 15.1 Å². The molecule has 1 aromatic carbocycles. The van der Waals surface area contributed by atoms with Gasteiger partial charge in [-0.2, -0.15) is 9.82 Å². The first-order valence-electron chi connectivity index (χ1n) is 7.39. The molecular weight excluding hydrogens is 366 g/mol. The number of amides is 1. The fourth-order valence-electron chi connectivity index (χ4n) is 2.07. The summed E-state index contributed by atoms with van der Waals surface area (Å²) in [6, 6.07) is 8.04. The van der Waals surface area contributed by atoms with Gasteiger partial charge in [0, 0.05) is 25.8 Å². The van der Waals surface area contributed by atoms with Crippen molar-refractivity contribution in [1.82, 2.24) is 19.8 Å². The maximum absolute atomic E-state index is 12.2. The highest BCUT2D eigenvalue weighted by Crippen LogP contribution is 2.09. The number of aromatic nitrogens is 2. The van der Waals surface area contributed by atoms with Crippen LogP contribution >= 0.6 is 12.4 Å². The highest BCUT2D eigenvalue weighted by Gasteiger charge is 2.23. The summed E-state index contributed by atoms with van der Waals surface area (Å²) in [6.45, 7) is 1.68. The average molecular weight is 388 g/mol. The molecule has 0 spiro atoms. The molecule has 0 saturated heterocycles. The van der Waals surface area contributed by atoms with Crippen molar-refractivity contribution in [3.8, 4) is 0 Å². The third kappa shape index (κ3) is 5.82. The lowest BCUT2D eigenvalue weighted by molar-refractivity contribution is -0.122. The van der Waals surface area contributed by atoms with Gasteiger partial charge in [0.1, 0.15) is 4.90 Å². The lowest BCUT2D eigenvalue weighted by Gasteiger charge is -2.17. The summed E-state index contributed by atoms with van der Waals surface area (Å²) in [5, 5.41) is 6.46. The number of halogens is 1. The first-order chi connectivity index (χ1) is 11.3. The molecule has 2 atom stereocenters. The number of carbonyl (C=O) groups excluding carboxylic acids is 1. The van der Waals surface area contributed by atoms with Crippen LogP contribution < -0.4 is 15.8 Å². The molecule has 1 heterocycles. The van der Waals surface area contributed by atoms with E-state index in [-0.39, 0.29) is 29.9 Å². The number of sulfonamides is 1. The zero-order valence-corrected chi connectivity index (χ0v) is 15.5. The molecule has 10 heteroatoms.